The predicted molar refractivity (Wildman–Crippen MR) is 114 cm³/mol. The second-order valence-corrected chi connectivity index (χ2v) is 7.74. The van der Waals surface area contributed by atoms with Crippen LogP contribution < -0.4 is 10.1 Å². The lowest BCUT2D eigenvalue weighted by Gasteiger charge is -2.14. The van der Waals surface area contributed by atoms with Crippen molar-refractivity contribution < 1.29 is 27.1 Å². The van der Waals surface area contributed by atoms with Crippen molar-refractivity contribution in [3.63, 3.8) is 0 Å². The highest BCUT2D eigenvalue weighted by Gasteiger charge is 2.33. The lowest BCUT2D eigenvalue weighted by molar-refractivity contribution is -0.138. The SMILES string of the molecule is O=C(Nc1n[nH]c2ccc(OCc3ccc(F)cc3C(F)(F)F)cc12)c1ccc(Br)cc1. The Labute approximate surface area is 187 Å². The van der Waals surface area contributed by atoms with E-state index in [2.05, 4.69) is 31.4 Å². The van der Waals surface area contributed by atoms with Crippen molar-refractivity contribution in [2.45, 2.75) is 12.8 Å². The summed E-state index contributed by atoms with van der Waals surface area (Å²) < 4.78 is 59.2. The molecule has 1 heterocycles. The number of rotatable bonds is 5. The number of fused-ring (bicyclic) bond motifs is 1. The number of halogens is 5. The van der Waals surface area contributed by atoms with Gasteiger partial charge in [-0.15, -0.1) is 0 Å². The fourth-order valence-corrected chi connectivity index (χ4v) is 3.32. The lowest BCUT2D eigenvalue weighted by atomic mass is 10.1. The number of benzene rings is 3. The van der Waals surface area contributed by atoms with Gasteiger partial charge in [-0.2, -0.15) is 18.3 Å². The lowest BCUT2D eigenvalue weighted by Crippen LogP contribution is -2.12. The summed E-state index contributed by atoms with van der Waals surface area (Å²) in [5, 5.41) is 10.1. The van der Waals surface area contributed by atoms with Crippen molar-refractivity contribution in [3.8, 4) is 5.75 Å². The molecule has 0 spiro atoms. The highest BCUT2D eigenvalue weighted by Crippen LogP contribution is 2.33. The van der Waals surface area contributed by atoms with Crippen molar-refractivity contribution in [2.75, 3.05) is 5.32 Å². The van der Waals surface area contributed by atoms with Gasteiger partial charge >= 0.3 is 6.18 Å². The summed E-state index contributed by atoms with van der Waals surface area (Å²) in [6.07, 6.45) is -4.71. The highest BCUT2D eigenvalue weighted by molar-refractivity contribution is 9.10. The van der Waals surface area contributed by atoms with E-state index in [4.69, 9.17) is 4.74 Å². The molecule has 2 N–H and O–H groups in total. The molecule has 32 heavy (non-hydrogen) atoms. The quantitative estimate of drug-likeness (QED) is 0.311. The van der Waals surface area contributed by atoms with E-state index in [0.29, 0.717) is 22.5 Å². The summed E-state index contributed by atoms with van der Waals surface area (Å²) in [5.74, 6) is -0.850. The molecular weight excluding hydrogens is 494 g/mol. The van der Waals surface area contributed by atoms with Gasteiger partial charge in [-0.25, -0.2) is 4.39 Å². The Hall–Kier alpha value is -3.40. The minimum absolute atomic E-state index is 0.199. The largest absolute Gasteiger partial charge is 0.489 e. The second-order valence-electron chi connectivity index (χ2n) is 6.83. The summed E-state index contributed by atoms with van der Waals surface area (Å²) in [7, 11) is 0. The zero-order valence-corrected chi connectivity index (χ0v) is 17.7. The third-order valence-corrected chi connectivity index (χ3v) is 5.17. The molecule has 10 heteroatoms. The van der Waals surface area contributed by atoms with Crippen LogP contribution in [-0.2, 0) is 12.8 Å². The van der Waals surface area contributed by atoms with Gasteiger partial charge in [-0.1, -0.05) is 22.0 Å². The van der Waals surface area contributed by atoms with Crippen LogP contribution in [-0.4, -0.2) is 16.1 Å². The first-order chi connectivity index (χ1) is 15.2. The molecule has 0 unspecified atom stereocenters. The van der Waals surface area contributed by atoms with E-state index >= 15 is 0 Å². The number of ether oxygens (including phenoxy) is 1. The number of anilines is 1. The Morgan fingerprint density at radius 3 is 2.53 bits per heavy atom. The van der Waals surface area contributed by atoms with E-state index in [0.717, 1.165) is 16.6 Å². The Bertz CT molecular complexity index is 1290. The van der Waals surface area contributed by atoms with Crippen LogP contribution in [0.15, 0.2) is 65.1 Å². The number of alkyl halides is 3. The molecule has 0 aliphatic carbocycles. The maximum absolute atomic E-state index is 13.3. The first-order valence-electron chi connectivity index (χ1n) is 9.24. The number of amides is 1. The van der Waals surface area contributed by atoms with Gasteiger partial charge in [0, 0.05) is 21.0 Å². The van der Waals surface area contributed by atoms with Gasteiger partial charge in [0.15, 0.2) is 5.82 Å². The van der Waals surface area contributed by atoms with Gasteiger partial charge in [0.1, 0.15) is 18.2 Å². The third kappa shape index (κ3) is 4.75. The number of carbonyl (C=O) groups is 1. The fourth-order valence-electron chi connectivity index (χ4n) is 3.06. The highest BCUT2D eigenvalue weighted by atomic mass is 79.9. The number of nitrogens with zero attached hydrogens (tertiary/aromatic N) is 1. The van der Waals surface area contributed by atoms with Crippen LogP contribution in [0.3, 0.4) is 0 Å². The van der Waals surface area contributed by atoms with Crippen molar-refractivity contribution in [1.29, 1.82) is 0 Å². The Morgan fingerprint density at radius 1 is 1.06 bits per heavy atom. The van der Waals surface area contributed by atoms with Gasteiger partial charge < -0.3 is 10.1 Å². The summed E-state index contributed by atoms with van der Waals surface area (Å²) in [4.78, 5) is 12.5. The molecule has 0 saturated carbocycles. The summed E-state index contributed by atoms with van der Waals surface area (Å²) >= 11 is 3.30. The summed E-state index contributed by atoms with van der Waals surface area (Å²) in [5.41, 5.74) is -0.270. The average molecular weight is 508 g/mol. The molecule has 0 bridgehead atoms. The van der Waals surface area contributed by atoms with Crippen LogP contribution in [0.4, 0.5) is 23.4 Å². The van der Waals surface area contributed by atoms with Crippen LogP contribution in [0.2, 0.25) is 0 Å². The predicted octanol–water partition coefficient (Wildman–Crippen LogP) is 6.31. The number of hydrogen-bond acceptors (Lipinski definition) is 3. The van der Waals surface area contributed by atoms with Gasteiger partial charge in [0.25, 0.3) is 5.91 Å². The average Bonchev–Trinajstić information content (AvgIpc) is 3.14. The van der Waals surface area contributed by atoms with E-state index < -0.39 is 24.2 Å². The van der Waals surface area contributed by atoms with E-state index in [9.17, 15) is 22.4 Å². The molecule has 0 radical (unpaired) electrons. The minimum atomic E-state index is -4.71. The molecule has 0 atom stereocenters. The van der Waals surface area contributed by atoms with Gasteiger partial charge in [-0.05, 0) is 54.6 Å². The van der Waals surface area contributed by atoms with Crippen LogP contribution in [0.5, 0.6) is 5.75 Å². The first-order valence-corrected chi connectivity index (χ1v) is 10.0. The van der Waals surface area contributed by atoms with E-state index in [1.165, 1.54) is 0 Å². The molecule has 0 saturated heterocycles. The van der Waals surface area contributed by atoms with Gasteiger partial charge in [-0.3, -0.25) is 9.89 Å². The molecule has 4 aromatic rings. The first kappa shape index (κ1) is 21.8. The third-order valence-electron chi connectivity index (χ3n) is 4.64. The Balaban J connectivity index is 1.54. The topological polar surface area (TPSA) is 67.0 Å². The maximum atomic E-state index is 13.3. The molecule has 0 fully saturated rings. The van der Waals surface area contributed by atoms with Crippen molar-refractivity contribution >= 4 is 38.6 Å². The normalized spacial score (nSPS) is 11.5. The minimum Gasteiger partial charge on any atom is -0.489 e. The molecule has 4 rings (SSSR count). The number of aromatic amines is 1. The van der Waals surface area contributed by atoms with E-state index in [1.807, 2.05) is 0 Å². The zero-order chi connectivity index (χ0) is 22.9. The van der Waals surface area contributed by atoms with Crippen LogP contribution >= 0.6 is 15.9 Å². The molecule has 164 valence electrons. The van der Waals surface area contributed by atoms with Gasteiger partial charge in [0.05, 0.1) is 11.1 Å². The second kappa shape index (κ2) is 8.62. The summed E-state index contributed by atoms with van der Waals surface area (Å²) in [6.45, 7) is -0.418. The number of H-pyrrole nitrogens is 1. The van der Waals surface area contributed by atoms with E-state index in [1.54, 1.807) is 42.5 Å². The molecule has 5 nitrogen and oxygen atoms in total. The Kier molecular flexibility index (Phi) is 5.88. The smallest absolute Gasteiger partial charge is 0.416 e. The van der Waals surface area contributed by atoms with Crippen LogP contribution in [0.1, 0.15) is 21.5 Å². The van der Waals surface area contributed by atoms with Crippen LogP contribution in [0.25, 0.3) is 10.9 Å². The van der Waals surface area contributed by atoms with Crippen molar-refractivity contribution in [3.05, 3.63) is 87.6 Å². The fraction of sp³-hybridized carbons (Fsp3) is 0.0909. The molecule has 0 aliphatic rings. The number of hydrogen-bond donors (Lipinski definition) is 2. The number of carbonyl (C=O) groups excluding carboxylic acids is 1. The number of aromatic nitrogens is 2. The van der Waals surface area contributed by atoms with Crippen LogP contribution in [0, 0.1) is 5.82 Å². The summed E-state index contributed by atoms with van der Waals surface area (Å²) in [6, 6.07) is 13.9. The number of nitrogens with one attached hydrogen (secondary N) is 2. The molecule has 0 aliphatic heterocycles. The maximum Gasteiger partial charge on any atom is 0.416 e. The van der Waals surface area contributed by atoms with Crippen molar-refractivity contribution in [1.82, 2.24) is 10.2 Å². The van der Waals surface area contributed by atoms with Crippen molar-refractivity contribution in [2.24, 2.45) is 0 Å². The molecule has 3 aromatic carbocycles. The molecule has 1 aromatic heterocycles. The molecule has 1 amide bonds. The van der Waals surface area contributed by atoms with E-state index in [-0.39, 0.29) is 23.0 Å². The monoisotopic (exact) mass is 507 g/mol. The van der Waals surface area contributed by atoms with Gasteiger partial charge in [0.2, 0.25) is 0 Å². The molecular formula is C22H14BrF4N3O2. The standard InChI is InChI=1S/C22H14BrF4N3O2/c23-14-4-1-12(2-5-14)21(31)28-20-17-10-16(7-8-19(17)29-30-20)32-11-13-3-6-15(24)9-18(13)22(25,26)27/h1-10H,11H2,(H2,28,29,30,31). The Morgan fingerprint density at radius 2 is 1.81 bits per heavy atom. The zero-order valence-electron chi connectivity index (χ0n) is 16.1.